The van der Waals surface area contributed by atoms with Gasteiger partial charge in [0, 0.05) is 12.1 Å². The van der Waals surface area contributed by atoms with Crippen LogP contribution in [0.5, 0.6) is 0 Å². The minimum absolute atomic E-state index is 0.0427. The van der Waals surface area contributed by atoms with E-state index in [4.69, 9.17) is 0 Å². The minimum Gasteiger partial charge on any atom is -0.321 e. The van der Waals surface area contributed by atoms with Gasteiger partial charge in [-0.15, -0.1) is 5.10 Å². The molecule has 5 rings (SSSR count). The summed E-state index contributed by atoms with van der Waals surface area (Å²) in [6, 6.07) is 7.98. The van der Waals surface area contributed by atoms with Crippen LogP contribution in [0.1, 0.15) is 95.1 Å². The van der Waals surface area contributed by atoms with Gasteiger partial charge in [-0.1, -0.05) is 44.4 Å². The Morgan fingerprint density at radius 2 is 1.91 bits per heavy atom. The average Bonchev–Trinajstić information content (AvgIpc) is 3.31. The smallest absolute Gasteiger partial charge is 0.253 e. The van der Waals surface area contributed by atoms with Crippen LogP contribution in [-0.4, -0.2) is 43.2 Å². The summed E-state index contributed by atoms with van der Waals surface area (Å²) in [5.74, 6) is 0.775. The number of nitrogens with one attached hydrogen (secondary N) is 1. The molecule has 7 nitrogen and oxygen atoms in total. The zero-order chi connectivity index (χ0) is 23.9. The monoisotopic (exact) mass is 462 g/mol. The first kappa shape index (κ1) is 23.2. The van der Waals surface area contributed by atoms with Crippen LogP contribution in [0.15, 0.2) is 29.1 Å². The maximum atomic E-state index is 13.6. The molecular weight excluding hydrogens is 424 g/mol. The number of benzene rings is 1. The number of hydrogen-bond donors (Lipinski definition) is 1. The highest BCUT2D eigenvalue weighted by atomic mass is 16.1. The van der Waals surface area contributed by atoms with Crippen LogP contribution < -0.4 is 5.56 Å². The number of nitrogens with zero attached hydrogens (tertiary/aromatic N) is 5. The van der Waals surface area contributed by atoms with E-state index in [1.165, 1.54) is 38.5 Å². The van der Waals surface area contributed by atoms with E-state index in [2.05, 4.69) is 64.4 Å². The SMILES string of the molecule is CCC(C)(C)n1nnnc1[C@@H](c1cc2cccc(C)c2[nH]c1=O)N1CCCC2(CCCCC2)C1. The zero-order valence-corrected chi connectivity index (χ0v) is 21.1. The van der Waals surface area contributed by atoms with Gasteiger partial charge >= 0.3 is 0 Å². The first-order chi connectivity index (χ1) is 16.3. The topological polar surface area (TPSA) is 79.7 Å². The number of piperidine rings is 1. The van der Waals surface area contributed by atoms with E-state index >= 15 is 0 Å². The highest BCUT2D eigenvalue weighted by Crippen LogP contribution is 2.45. The maximum Gasteiger partial charge on any atom is 0.253 e. The number of rotatable bonds is 5. The molecule has 1 atom stereocenters. The van der Waals surface area contributed by atoms with Crippen molar-refractivity contribution in [2.45, 2.75) is 90.6 Å². The van der Waals surface area contributed by atoms with Crippen molar-refractivity contribution in [3.8, 4) is 0 Å². The molecule has 2 fully saturated rings. The highest BCUT2D eigenvalue weighted by molar-refractivity contribution is 5.82. The van der Waals surface area contributed by atoms with Crippen molar-refractivity contribution in [2.24, 2.45) is 5.41 Å². The zero-order valence-electron chi connectivity index (χ0n) is 21.1. The van der Waals surface area contributed by atoms with E-state index < -0.39 is 0 Å². The molecule has 182 valence electrons. The van der Waals surface area contributed by atoms with Gasteiger partial charge in [0.2, 0.25) is 0 Å². The molecule has 1 spiro atoms. The van der Waals surface area contributed by atoms with Crippen LogP contribution in [0, 0.1) is 12.3 Å². The largest absolute Gasteiger partial charge is 0.321 e. The predicted octanol–water partition coefficient (Wildman–Crippen LogP) is 5.10. The molecule has 34 heavy (non-hydrogen) atoms. The standard InChI is InChI=1S/C27H38N6O/c1-5-26(3,4)33-24(29-30-31-33)23(32-16-10-15-27(18-32)13-7-6-8-14-27)21-17-20-12-9-11-19(2)22(20)28-25(21)34/h9,11-12,17,23H,5-8,10,13-16,18H2,1-4H3,(H,28,34)/t23-/m1/s1. The highest BCUT2D eigenvalue weighted by Gasteiger charge is 2.42. The third kappa shape index (κ3) is 4.08. The molecule has 0 bridgehead atoms. The fourth-order valence-electron chi connectivity index (χ4n) is 6.22. The number of para-hydroxylation sites is 1. The van der Waals surface area contributed by atoms with Crippen molar-refractivity contribution in [2.75, 3.05) is 13.1 Å². The number of likely N-dealkylation sites (tertiary alicyclic amines) is 1. The molecule has 0 amide bonds. The minimum atomic E-state index is -0.270. The molecule has 7 heteroatoms. The van der Waals surface area contributed by atoms with Crippen molar-refractivity contribution >= 4 is 10.9 Å². The molecule has 1 saturated carbocycles. The second kappa shape index (κ2) is 8.91. The Labute approximate surface area is 201 Å². The van der Waals surface area contributed by atoms with Crippen molar-refractivity contribution < 1.29 is 0 Å². The summed E-state index contributed by atoms with van der Waals surface area (Å²) in [4.78, 5) is 19.3. The Hall–Kier alpha value is -2.54. The maximum absolute atomic E-state index is 13.6. The molecule has 1 saturated heterocycles. The van der Waals surface area contributed by atoms with Gasteiger partial charge in [0.25, 0.3) is 5.56 Å². The first-order valence-corrected chi connectivity index (χ1v) is 13.0. The van der Waals surface area contributed by atoms with E-state index in [0.29, 0.717) is 5.41 Å². The van der Waals surface area contributed by atoms with Crippen LogP contribution in [0.2, 0.25) is 0 Å². The fourth-order valence-corrected chi connectivity index (χ4v) is 6.22. The number of tetrazole rings is 1. The number of pyridine rings is 1. The van der Waals surface area contributed by atoms with Crippen molar-refractivity contribution in [1.82, 2.24) is 30.1 Å². The summed E-state index contributed by atoms with van der Waals surface area (Å²) < 4.78 is 1.96. The van der Waals surface area contributed by atoms with Gasteiger partial charge in [0.05, 0.1) is 11.1 Å². The normalized spacial score (nSPS) is 20.1. The molecule has 3 aromatic rings. The van der Waals surface area contributed by atoms with E-state index in [1.54, 1.807) is 0 Å². The average molecular weight is 463 g/mol. The molecule has 1 N–H and O–H groups in total. The van der Waals surface area contributed by atoms with Gasteiger partial charge in [-0.05, 0) is 92.3 Å². The fraction of sp³-hybridized carbons (Fsp3) is 0.630. The Morgan fingerprint density at radius 3 is 2.68 bits per heavy atom. The lowest BCUT2D eigenvalue weighted by atomic mass is 9.69. The summed E-state index contributed by atoms with van der Waals surface area (Å²) >= 11 is 0. The van der Waals surface area contributed by atoms with Crippen molar-refractivity contribution in [1.29, 1.82) is 0 Å². The molecule has 1 aliphatic heterocycles. The van der Waals surface area contributed by atoms with Gasteiger partial charge in [-0.25, -0.2) is 4.68 Å². The third-order valence-corrected chi connectivity index (χ3v) is 8.56. The molecular formula is C27H38N6O. The van der Waals surface area contributed by atoms with Crippen LogP contribution in [-0.2, 0) is 5.54 Å². The van der Waals surface area contributed by atoms with E-state index in [-0.39, 0.29) is 17.1 Å². The second-order valence-electron chi connectivity index (χ2n) is 11.2. The van der Waals surface area contributed by atoms with Gasteiger partial charge < -0.3 is 4.98 Å². The van der Waals surface area contributed by atoms with Crippen LogP contribution in [0.25, 0.3) is 10.9 Å². The molecule has 2 aliphatic rings. The predicted molar refractivity (Wildman–Crippen MR) is 135 cm³/mol. The van der Waals surface area contributed by atoms with E-state index in [9.17, 15) is 4.79 Å². The molecule has 0 radical (unpaired) electrons. The summed E-state index contributed by atoms with van der Waals surface area (Å²) in [5.41, 5.74) is 2.80. The van der Waals surface area contributed by atoms with Crippen molar-refractivity contribution in [3.05, 3.63) is 51.6 Å². The lowest BCUT2D eigenvalue weighted by Crippen LogP contribution is -2.48. The number of aryl methyl sites for hydroxylation is 1. The number of aromatic nitrogens is 5. The molecule has 3 heterocycles. The third-order valence-electron chi connectivity index (χ3n) is 8.56. The Bertz CT molecular complexity index is 1210. The number of fused-ring (bicyclic) bond motifs is 1. The molecule has 0 unspecified atom stereocenters. The summed E-state index contributed by atoms with van der Waals surface area (Å²) in [6.45, 7) is 10.5. The Kier molecular flexibility index (Phi) is 6.09. The van der Waals surface area contributed by atoms with Crippen molar-refractivity contribution in [3.63, 3.8) is 0 Å². The summed E-state index contributed by atoms with van der Waals surface area (Å²) in [5, 5.41) is 14.2. The first-order valence-electron chi connectivity index (χ1n) is 13.0. The summed E-state index contributed by atoms with van der Waals surface area (Å²) in [6.07, 6.45) is 9.88. The van der Waals surface area contributed by atoms with E-state index in [1.807, 2.05) is 17.7 Å². The van der Waals surface area contributed by atoms with Crippen LogP contribution >= 0.6 is 0 Å². The summed E-state index contributed by atoms with van der Waals surface area (Å²) in [7, 11) is 0. The molecule has 1 aliphatic carbocycles. The molecule has 1 aromatic carbocycles. The molecule has 2 aromatic heterocycles. The van der Waals surface area contributed by atoms with Gasteiger partial charge in [-0.2, -0.15) is 0 Å². The number of aromatic amines is 1. The lowest BCUT2D eigenvalue weighted by Gasteiger charge is -2.47. The van der Waals surface area contributed by atoms with Crippen LogP contribution in [0.3, 0.4) is 0 Å². The van der Waals surface area contributed by atoms with Gasteiger partial charge in [0.1, 0.15) is 6.04 Å². The van der Waals surface area contributed by atoms with Gasteiger partial charge in [0.15, 0.2) is 5.82 Å². The van der Waals surface area contributed by atoms with E-state index in [0.717, 1.165) is 53.8 Å². The Balaban J connectivity index is 1.66. The number of hydrogen-bond acceptors (Lipinski definition) is 5. The lowest BCUT2D eigenvalue weighted by molar-refractivity contribution is 0.0326. The Morgan fingerprint density at radius 1 is 1.15 bits per heavy atom. The number of H-pyrrole nitrogens is 1. The second-order valence-corrected chi connectivity index (χ2v) is 11.2. The van der Waals surface area contributed by atoms with Gasteiger partial charge in [-0.3, -0.25) is 9.69 Å². The quantitative estimate of drug-likeness (QED) is 0.570. The van der Waals surface area contributed by atoms with Crippen LogP contribution in [0.4, 0.5) is 0 Å².